The molecule has 2 aromatic heterocycles. The summed E-state index contributed by atoms with van der Waals surface area (Å²) in [6.07, 6.45) is 0. The minimum atomic E-state index is -0.201. The lowest BCUT2D eigenvalue weighted by Crippen LogP contribution is -2.08. The summed E-state index contributed by atoms with van der Waals surface area (Å²) in [5.74, 6) is 0.810. The maximum atomic E-state index is 6.26. The van der Waals surface area contributed by atoms with Crippen molar-refractivity contribution in [2.24, 2.45) is 5.73 Å². The maximum absolute atomic E-state index is 6.26. The highest BCUT2D eigenvalue weighted by atomic mass is 79.9. The van der Waals surface area contributed by atoms with Gasteiger partial charge in [-0.3, -0.25) is 0 Å². The molecule has 18 heavy (non-hydrogen) atoms. The number of rotatable bonds is 2. The molecule has 1 unspecified atom stereocenters. The molecule has 3 rings (SSSR count). The van der Waals surface area contributed by atoms with Gasteiger partial charge in [-0.2, -0.15) is 0 Å². The molecule has 2 nitrogen and oxygen atoms in total. The Morgan fingerprint density at radius 2 is 2.06 bits per heavy atom. The van der Waals surface area contributed by atoms with Gasteiger partial charge in [-0.15, -0.1) is 11.3 Å². The number of furan rings is 1. The number of nitrogens with two attached hydrogens (primary N) is 1. The summed E-state index contributed by atoms with van der Waals surface area (Å²) < 4.78 is 6.93. The highest BCUT2D eigenvalue weighted by molar-refractivity contribution is 9.11. The summed E-state index contributed by atoms with van der Waals surface area (Å²) >= 11 is 5.18. The van der Waals surface area contributed by atoms with Gasteiger partial charge >= 0.3 is 0 Å². The lowest BCUT2D eigenvalue weighted by atomic mass is 10.1. The van der Waals surface area contributed by atoms with Gasteiger partial charge in [-0.05, 0) is 46.6 Å². The zero-order valence-corrected chi connectivity index (χ0v) is 12.2. The molecular formula is C14H12BrNOS. The number of benzene rings is 1. The summed E-state index contributed by atoms with van der Waals surface area (Å²) in [6.45, 7) is 2.06. The standard InChI is InChI=1S/C14H12BrNOS/c1-8-6-12(18-14(8)15)13(16)11-7-9-4-2-3-5-10(9)17-11/h2-7,13H,16H2,1H3. The Labute approximate surface area is 118 Å². The van der Waals surface area contributed by atoms with E-state index in [2.05, 4.69) is 28.9 Å². The molecule has 0 saturated carbocycles. The smallest absolute Gasteiger partial charge is 0.134 e. The van der Waals surface area contributed by atoms with E-state index in [1.807, 2.05) is 30.3 Å². The van der Waals surface area contributed by atoms with Crippen LogP contribution in [0.25, 0.3) is 11.0 Å². The van der Waals surface area contributed by atoms with E-state index in [4.69, 9.17) is 10.2 Å². The molecule has 0 aliphatic carbocycles. The van der Waals surface area contributed by atoms with Crippen LogP contribution in [0.3, 0.4) is 0 Å². The number of hydrogen-bond acceptors (Lipinski definition) is 3. The maximum Gasteiger partial charge on any atom is 0.134 e. The third-order valence-corrected chi connectivity index (χ3v) is 5.15. The minimum absolute atomic E-state index is 0.201. The fourth-order valence-electron chi connectivity index (χ4n) is 1.93. The molecule has 0 saturated heterocycles. The molecule has 92 valence electrons. The molecule has 0 aliphatic heterocycles. The molecule has 0 radical (unpaired) electrons. The Bertz CT molecular complexity index is 648. The summed E-state index contributed by atoms with van der Waals surface area (Å²) in [5.41, 5.74) is 8.35. The molecule has 1 aromatic carbocycles. The summed E-state index contributed by atoms with van der Waals surface area (Å²) in [4.78, 5) is 1.11. The van der Waals surface area contributed by atoms with E-state index < -0.39 is 0 Å². The van der Waals surface area contributed by atoms with Gasteiger partial charge in [0.15, 0.2) is 0 Å². The SMILES string of the molecule is Cc1cc(C(N)c2cc3ccccc3o2)sc1Br. The van der Waals surface area contributed by atoms with Crippen LogP contribution in [-0.2, 0) is 0 Å². The van der Waals surface area contributed by atoms with Crippen LogP contribution in [0.15, 0.2) is 44.6 Å². The van der Waals surface area contributed by atoms with Crippen molar-refractivity contribution in [1.29, 1.82) is 0 Å². The normalized spacial score (nSPS) is 13.1. The summed E-state index contributed by atoms with van der Waals surface area (Å²) in [7, 11) is 0. The highest BCUT2D eigenvalue weighted by Gasteiger charge is 2.17. The number of para-hydroxylation sites is 1. The molecular weight excluding hydrogens is 310 g/mol. The topological polar surface area (TPSA) is 39.2 Å². The molecule has 1 atom stereocenters. The predicted octanol–water partition coefficient (Wildman–Crippen LogP) is 4.61. The van der Waals surface area contributed by atoms with Crippen LogP contribution in [0, 0.1) is 6.92 Å². The Morgan fingerprint density at radius 3 is 2.72 bits per heavy atom. The zero-order valence-electron chi connectivity index (χ0n) is 9.81. The molecule has 3 aromatic rings. The number of thiophene rings is 1. The summed E-state index contributed by atoms with van der Waals surface area (Å²) in [5, 5.41) is 1.09. The van der Waals surface area contributed by atoms with Crippen molar-refractivity contribution in [3.63, 3.8) is 0 Å². The first-order valence-corrected chi connectivity index (χ1v) is 7.26. The van der Waals surface area contributed by atoms with Crippen LogP contribution in [0.1, 0.15) is 22.2 Å². The van der Waals surface area contributed by atoms with Crippen molar-refractivity contribution in [3.05, 3.63) is 56.4 Å². The fraction of sp³-hybridized carbons (Fsp3) is 0.143. The molecule has 4 heteroatoms. The van der Waals surface area contributed by atoms with E-state index in [0.717, 1.165) is 25.4 Å². The minimum Gasteiger partial charge on any atom is -0.459 e. The fourth-order valence-corrected chi connectivity index (χ4v) is 3.51. The first-order chi connectivity index (χ1) is 8.65. The van der Waals surface area contributed by atoms with E-state index in [1.165, 1.54) is 5.56 Å². The van der Waals surface area contributed by atoms with Gasteiger partial charge in [0, 0.05) is 10.3 Å². The van der Waals surface area contributed by atoms with Gasteiger partial charge in [0.1, 0.15) is 11.3 Å². The van der Waals surface area contributed by atoms with Crippen molar-refractivity contribution in [3.8, 4) is 0 Å². The van der Waals surface area contributed by atoms with Gasteiger partial charge in [0.05, 0.1) is 9.83 Å². The molecule has 0 spiro atoms. The predicted molar refractivity (Wildman–Crippen MR) is 79.0 cm³/mol. The largest absolute Gasteiger partial charge is 0.459 e. The van der Waals surface area contributed by atoms with Gasteiger partial charge in [0.2, 0.25) is 0 Å². The Morgan fingerprint density at radius 1 is 1.28 bits per heavy atom. The Kier molecular flexibility index (Phi) is 3.01. The van der Waals surface area contributed by atoms with Crippen molar-refractivity contribution < 1.29 is 4.42 Å². The van der Waals surface area contributed by atoms with Gasteiger partial charge < -0.3 is 10.2 Å². The highest BCUT2D eigenvalue weighted by Crippen LogP contribution is 2.34. The van der Waals surface area contributed by atoms with Crippen molar-refractivity contribution in [2.45, 2.75) is 13.0 Å². The third kappa shape index (κ3) is 2.00. The first kappa shape index (κ1) is 12.0. The Hall–Kier alpha value is -1.10. The molecule has 2 heterocycles. The number of halogens is 1. The van der Waals surface area contributed by atoms with Crippen LogP contribution >= 0.6 is 27.3 Å². The molecule has 0 aliphatic rings. The second kappa shape index (κ2) is 4.53. The van der Waals surface area contributed by atoms with E-state index in [9.17, 15) is 0 Å². The molecule has 0 amide bonds. The van der Waals surface area contributed by atoms with Crippen LogP contribution in [-0.4, -0.2) is 0 Å². The summed E-state index contributed by atoms with van der Waals surface area (Å²) in [6, 6.07) is 11.9. The van der Waals surface area contributed by atoms with Gasteiger partial charge in [0.25, 0.3) is 0 Å². The average Bonchev–Trinajstić information content (AvgIpc) is 2.93. The second-order valence-electron chi connectivity index (χ2n) is 4.27. The van der Waals surface area contributed by atoms with Crippen LogP contribution in [0.4, 0.5) is 0 Å². The number of hydrogen-bond donors (Lipinski definition) is 1. The zero-order chi connectivity index (χ0) is 12.7. The second-order valence-corrected chi connectivity index (χ2v) is 6.67. The van der Waals surface area contributed by atoms with Crippen molar-refractivity contribution in [1.82, 2.24) is 0 Å². The monoisotopic (exact) mass is 321 g/mol. The van der Waals surface area contributed by atoms with Gasteiger partial charge in [-0.25, -0.2) is 0 Å². The Balaban J connectivity index is 2.03. The molecule has 2 N–H and O–H groups in total. The third-order valence-electron chi connectivity index (χ3n) is 2.93. The van der Waals surface area contributed by atoms with Crippen molar-refractivity contribution >= 4 is 38.2 Å². The quantitative estimate of drug-likeness (QED) is 0.748. The lowest BCUT2D eigenvalue weighted by molar-refractivity contribution is 0.528. The molecule has 0 bridgehead atoms. The average molecular weight is 322 g/mol. The van der Waals surface area contributed by atoms with Crippen LogP contribution in [0.2, 0.25) is 0 Å². The lowest BCUT2D eigenvalue weighted by Gasteiger charge is -2.04. The van der Waals surface area contributed by atoms with E-state index in [0.29, 0.717) is 0 Å². The van der Waals surface area contributed by atoms with Crippen LogP contribution in [0.5, 0.6) is 0 Å². The van der Waals surface area contributed by atoms with E-state index in [1.54, 1.807) is 11.3 Å². The number of fused-ring (bicyclic) bond motifs is 1. The first-order valence-electron chi connectivity index (χ1n) is 5.65. The molecule has 0 fully saturated rings. The van der Waals surface area contributed by atoms with E-state index >= 15 is 0 Å². The van der Waals surface area contributed by atoms with Gasteiger partial charge in [-0.1, -0.05) is 18.2 Å². The van der Waals surface area contributed by atoms with E-state index in [-0.39, 0.29) is 6.04 Å². The number of aryl methyl sites for hydroxylation is 1. The van der Waals surface area contributed by atoms with Crippen LogP contribution < -0.4 is 5.73 Å². The van der Waals surface area contributed by atoms with Crippen molar-refractivity contribution in [2.75, 3.05) is 0 Å².